The van der Waals surface area contributed by atoms with Crippen LogP contribution in [0.5, 0.6) is 5.75 Å². The highest BCUT2D eigenvalue weighted by molar-refractivity contribution is 5.75. The lowest BCUT2D eigenvalue weighted by molar-refractivity contribution is -0.289. The second-order valence-corrected chi connectivity index (χ2v) is 7.23. The number of benzene rings is 1. The minimum atomic E-state index is -5.67. The van der Waals surface area contributed by atoms with E-state index in [4.69, 9.17) is 4.74 Å². The van der Waals surface area contributed by atoms with Crippen molar-refractivity contribution < 1.29 is 31.5 Å². The maximum absolute atomic E-state index is 13.3. The van der Waals surface area contributed by atoms with Gasteiger partial charge in [0.2, 0.25) is 0 Å². The molecule has 0 saturated heterocycles. The summed E-state index contributed by atoms with van der Waals surface area (Å²) in [6.07, 6.45) is 2.46. The van der Waals surface area contributed by atoms with E-state index >= 15 is 0 Å². The molecule has 0 atom stereocenters. The molecular formula is C20H25F5O2. The summed E-state index contributed by atoms with van der Waals surface area (Å²) in [4.78, 5) is 12.2. The van der Waals surface area contributed by atoms with E-state index in [1.807, 2.05) is 0 Å². The van der Waals surface area contributed by atoms with Crippen LogP contribution in [0, 0.1) is 11.8 Å². The van der Waals surface area contributed by atoms with Gasteiger partial charge in [0.1, 0.15) is 5.75 Å². The Kier molecular flexibility index (Phi) is 7.23. The van der Waals surface area contributed by atoms with Gasteiger partial charge in [-0.25, -0.2) is 0 Å². The van der Waals surface area contributed by atoms with Gasteiger partial charge in [0.25, 0.3) is 0 Å². The molecule has 1 fully saturated rings. The largest absolute Gasteiger partial charge is 0.458 e. The first-order chi connectivity index (χ1) is 12.6. The third kappa shape index (κ3) is 5.66. The van der Waals surface area contributed by atoms with Crippen molar-refractivity contribution in [2.24, 2.45) is 11.8 Å². The van der Waals surface area contributed by atoms with Gasteiger partial charge in [-0.05, 0) is 55.9 Å². The molecule has 0 aromatic heterocycles. The van der Waals surface area contributed by atoms with Gasteiger partial charge in [-0.15, -0.1) is 0 Å². The Morgan fingerprint density at radius 2 is 1.59 bits per heavy atom. The fourth-order valence-corrected chi connectivity index (χ4v) is 3.47. The van der Waals surface area contributed by atoms with Gasteiger partial charge < -0.3 is 4.74 Å². The van der Waals surface area contributed by atoms with Crippen molar-refractivity contribution in [3.05, 3.63) is 29.8 Å². The molecule has 0 unspecified atom stereocenters. The molecule has 2 rings (SSSR count). The molecule has 0 amide bonds. The van der Waals surface area contributed by atoms with E-state index in [9.17, 15) is 26.7 Å². The zero-order chi connectivity index (χ0) is 20.1. The SMILES string of the molecule is CCCCCC1CCC(C(=O)Oc2ccc(C(F)(F)C(F)(F)F)cc2)CC1. The summed E-state index contributed by atoms with van der Waals surface area (Å²) in [7, 11) is 0. The monoisotopic (exact) mass is 392 g/mol. The molecule has 152 valence electrons. The van der Waals surface area contributed by atoms with E-state index in [1.165, 1.54) is 25.7 Å². The van der Waals surface area contributed by atoms with E-state index < -0.39 is 23.6 Å². The van der Waals surface area contributed by atoms with Crippen LogP contribution >= 0.6 is 0 Å². The van der Waals surface area contributed by atoms with E-state index in [1.54, 1.807) is 0 Å². The van der Waals surface area contributed by atoms with Gasteiger partial charge in [-0.1, -0.05) is 32.6 Å². The standard InChI is InChI=1S/C20H25F5O2/c1-2-3-4-5-14-6-8-15(9-7-14)18(26)27-17-12-10-16(11-13-17)19(21,22)20(23,24)25/h10-15H,2-9H2,1H3. The zero-order valence-corrected chi connectivity index (χ0v) is 15.3. The van der Waals surface area contributed by atoms with Gasteiger partial charge in [0.05, 0.1) is 5.92 Å². The Labute approximate surface area is 156 Å². The molecule has 0 bridgehead atoms. The first-order valence-corrected chi connectivity index (χ1v) is 9.42. The molecule has 1 saturated carbocycles. The number of ether oxygens (including phenoxy) is 1. The first-order valence-electron chi connectivity index (χ1n) is 9.42. The summed E-state index contributed by atoms with van der Waals surface area (Å²) in [5.41, 5.74) is -1.18. The fraction of sp³-hybridized carbons (Fsp3) is 0.650. The van der Waals surface area contributed by atoms with E-state index in [0.29, 0.717) is 18.1 Å². The van der Waals surface area contributed by atoms with Crippen molar-refractivity contribution >= 4 is 5.97 Å². The van der Waals surface area contributed by atoms with Crippen LogP contribution < -0.4 is 4.74 Å². The highest BCUT2D eigenvalue weighted by atomic mass is 19.4. The lowest BCUT2D eigenvalue weighted by Gasteiger charge is -2.27. The number of rotatable bonds is 7. The molecule has 1 aromatic carbocycles. The maximum atomic E-state index is 13.3. The lowest BCUT2D eigenvalue weighted by atomic mass is 9.80. The van der Waals surface area contributed by atoms with Gasteiger partial charge in [0.15, 0.2) is 0 Å². The third-order valence-electron chi connectivity index (χ3n) is 5.19. The lowest BCUT2D eigenvalue weighted by Crippen LogP contribution is -2.33. The van der Waals surface area contributed by atoms with E-state index in [2.05, 4.69) is 6.92 Å². The van der Waals surface area contributed by atoms with Crippen molar-refractivity contribution in [2.45, 2.75) is 70.4 Å². The molecule has 0 N–H and O–H groups in total. The molecule has 27 heavy (non-hydrogen) atoms. The maximum Gasteiger partial charge on any atom is 0.458 e. The Morgan fingerprint density at radius 3 is 2.11 bits per heavy atom. The summed E-state index contributed by atoms with van der Waals surface area (Å²) in [6, 6.07) is 3.23. The van der Waals surface area contributed by atoms with Crippen molar-refractivity contribution in [2.75, 3.05) is 0 Å². The molecule has 1 aliphatic carbocycles. The summed E-state index contributed by atoms with van der Waals surface area (Å²) in [5, 5.41) is 0. The van der Waals surface area contributed by atoms with E-state index in [0.717, 1.165) is 37.8 Å². The minimum absolute atomic E-state index is 0.0215. The molecule has 0 spiro atoms. The summed E-state index contributed by atoms with van der Waals surface area (Å²) in [5.74, 6) is -5.02. The average Bonchev–Trinajstić information content (AvgIpc) is 2.62. The quantitative estimate of drug-likeness (QED) is 0.225. The number of unbranched alkanes of at least 4 members (excludes halogenated alkanes) is 2. The molecule has 0 radical (unpaired) electrons. The Hall–Kier alpha value is -1.66. The Balaban J connectivity index is 1.86. The van der Waals surface area contributed by atoms with E-state index in [-0.39, 0.29) is 11.7 Å². The number of hydrogen-bond acceptors (Lipinski definition) is 2. The molecule has 7 heteroatoms. The second kappa shape index (κ2) is 9.02. The Morgan fingerprint density at radius 1 is 1.00 bits per heavy atom. The molecule has 1 aliphatic rings. The molecule has 0 aliphatic heterocycles. The fourth-order valence-electron chi connectivity index (χ4n) is 3.47. The van der Waals surface area contributed by atoms with Crippen LogP contribution in [0.3, 0.4) is 0 Å². The topological polar surface area (TPSA) is 26.3 Å². The second-order valence-electron chi connectivity index (χ2n) is 7.23. The smallest absolute Gasteiger partial charge is 0.426 e. The molecule has 1 aromatic rings. The van der Waals surface area contributed by atoms with Crippen LogP contribution in [0.1, 0.15) is 63.9 Å². The highest BCUT2D eigenvalue weighted by Crippen LogP contribution is 2.44. The number of alkyl halides is 5. The van der Waals surface area contributed by atoms with Crippen LogP contribution in [0.15, 0.2) is 24.3 Å². The van der Waals surface area contributed by atoms with Crippen LogP contribution in [-0.4, -0.2) is 12.1 Å². The predicted octanol–water partition coefficient (Wildman–Crippen LogP) is 6.63. The van der Waals surface area contributed by atoms with Crippen molar-refractivity contribution in [3.63, 3.8) is 0 Å². The predicted molar refractivity (Wildman–Crippen MR) is 91.6 cm³/mol. The van der Waals surface area contributed by atoms with Gasteiger partial charge in [-0.2, -0.15) is 22.0 Å². The summed E-state index contributed by atoms with van der Waals surface area (Å²) >= 11 is 0. The number of halogens is 5. The van der Waals surface area contributed by atoms with Crippen molar-refractivity contribution in [1.29, 1.82) is 0 Å². The normalized spacial score (nSPS) is 21.1. The molecular weight excluding hydrogens is 367 g/mol. The Bertz CT molecular complexity index is 602. The van der Waals surface area contributed by atoms with Gasteiger partial charge in [0, 0.05) is 5.56 Å². The van der Waals surface area contributed by atoms with Crippen LogP contribution in [0.4, 0.5) is 22.0 Å². The number of carbonyl (C=O) groups excluding carboxylic acids is 1. The minimum Gasteiger partial charge on any atom is -0.426 e. The van der Waals surface area contributed by atoms with Gasteiger partial charge in [-0.3, -0.25) is 4.79 Å². The van der Waals surface area contributed by atoms with Crippen molar-refractivity contribution in [1.82, 2.24) is 0 Å². The van der Waals surface area contributed by atoms with Crippen LogP contribution in [0.25, 0.3) is 0 Å². The van der Waals surface area contributed by atoms with Crippen LogP contribution in [0.2, 0.25) is 0 Å². The number of hydrogen-bond donors (Lipinski definition) is 0. The third-order valence-corrected chi connectivity index (χ3v) is 5.19. The van der Waals surface area contributed by atoms with Crippen molar-refractivity contribution in [3.8, 4) is 5.75 Å². The zero-order valence-electron chi connectivity index (χ0n) is 15.3. The highest BCUT2D eigenvalue weighted by Gasteiger charge is 2.58. The average molecular weight is 392 g/mol. The van der Waals surface area contributed by atoms with Crippen LogP contribution in [-0.2, 0) is 10.7 Å². The number of carbonyl (C=O) groups is 1. The number of esters is 1. The first kappa shape index (κ1) is 21.6. The summed E-state index contributed by atoms with van der Waals surface area (Å²) < 4.78 is 68.8. The molecule has 2 nitrogen and oxygen atoms in total. The van der Waals surface area contributed by atoms with Gasteiger partial charge >= 0.3 is 18.1 Å². The molecule has 0 heterocycles. The summed E-state index contributed by atoms with van der Waals surface area (Å²) in [6.45, 7) is 2.16.